The van der Waals surface area contributed by atoms with Gasteiger partial charge in [-0.3, -0.25) is 0 Å². The van der Waals surface area contributed by atoms with Gasteiger partial charge in [0.15, 0.2) is 0 Å². The van der Waals surface area contributed by atoms with Gasteiger partial charge in [0.1, 0.15) is 0 Å². The summed E-state index contributed by atoms with van der Waals surface area (Å²) in [5.74, 6) is 0.564. The molecule has 0 spiro atoms. The van der Waals surface area contributed by atoms with Crippen molar-refractivity contribution in [2.45, 2.75) is 52.0 Å². The van der Waals surface area contributed by atoms with Crippen molar-refractivity contribution in [2.75, 3.05) is 0 Å². The molecule has 0 radical (unpaired) electrons. The lowest BCUT2D eigenvalue weighted by Gasteiger charge is -2.18. The fourth-order valence-corrected chi connectivity index (χ4v) is 1.95. The Balaban J connectivity index is 2.82. The first-order valence-corrected chi connectivity index (χ1v) is 6.01. The molecule has 2 N–H and O–H groups in total. The zero-order chi connectivity index (χ0) is 11.3. The highest BCUT2D eigenvalue weighted by Gasteiger charge is 2.11. The summed E-state index contributed by atoms with van der Waals surface area (Å²) >= 11 is 0. The third-order valence-corrected chi connectivity index (χ3v) is 2.89. The number of nitrogens with two attached hydrogens (primary N) is 1. The Morgan fingerprint density at radius 2 is 1.73 bits per heavy atom. The second-order valence-electron chi connectivity index (χ2n) is 4.53. The molecule has 84 valence electrons. The van der Waals surface area contributed by atoms with Gasteiger partial charge in [0.05, 0.1) is 0 Å². The summed E-state index contributed by atoms with van der Waals surface area (Å²) < 4.78 is 0. The fraction of sp³-hybridized carbons (Fsp3) is 0.571. The zero-order valence-corrected chi connectivity index (χ0v) is 10.2. The Morgan fingerprint density at radius 1 is 1.13 bits per heavy atom. The predicted molar refractivity (Wildman–Crippen MR) is 67.0 cm³/mol. The van der Waals surface area contributed by atoms with Crippen molar-refractivity contribution in [3.8, 4) is 0 Å². The minimum atomic E-state index is 0.212. The summed E-state index contributed by atoms with van der Waals surface area (Å²) in [5.41, 5.74) is 8.96. The van der Waals surface area contributed by atoms with Crippen LogP contribution in [0, 0.1) is 0 Å². The molecule has 15 heavy (non-hydrogen) atoms. The molecule has 0 aromatic heterocycles. The van der Waals surface area contributed by atoms with Crippen molar-refractivity contribution in [3.05, 3.63) is 35.4 Å². The topological polar surface area (TPSA) is 26.0 Å². The number of benzene rings is 1. The molecule has 1 rings (SSSR count). The number of unbranched alkanes of at least 4 members (excludes halogenated alkanes) is 1. The first-order valence-electron chi connectivity index (χ1n) is 6.01. The van der Waals surface area contributed by atoms with Gasteiger partial charge in [-0.15, -0.1) is 0 Å². The van der Waals surface area contributed by atoms with E-state index in [1.165, 1.54) is 24.0 Å². The number of rotatable bonds is 5. The molecular formula is C14H23N. The summed E-state index contributed by atoms with van der Waals surface area (Å²) in [6, 6.07) is 8.78. The van der Waals surface area contributed by atoms with E-state index in [4.69, 9.17) is 5.73 Å². The van der Waals surface area contributed by atoms with Gasteiger partial charge in [-0.2, -0.15) is 0 Å². The van der Waals surface area contributed by atoms with Gasteiger partial charge in [0, 0.05) is 6.04 Å². The lowest BCUT2D eigenvalue weighted by molar-refractivity contribution is 0.595. The van der Waals surface area contributed by atoms with Crippen LogP contribution in [0.2, 0.25) is 0 Å². The molecule has 1 unspecified atom stereocenters. The third kappa shape index (κ3) is 3.35. The summed E-state index contributed by atoms with van der Waals surface area (Å²) in [5, 5.41) is 0. The summed E-state index contributed by atoms with van der Waals surface area (Å²) in [4.78, 5) is 0. The monoisotopic (exact) mass is 205 g/mol. The lowest BCUT2D eigenvalue weighted by atomic mass is 9.91. The third-order valence-electron chi connectivity index (χ3n) is 2.89. The van der Waals surface area contributed by atoms with Crippen molar-refractivity contribution in [3.63, 3.8) is 0 Å². The molecule has 0 aliphatic heterocycles. The van der Waals surface area contributed by atoms with E-state index in [0.717, 1.165) is 6.42 Å². The van der Waals surface area contributed by atoms with Crippen LogP contribution < -0.4 is 5.73 Å². The van der Waals surface area contributed by atoms with E-state index in [2.05, 4.69) is 45.0 Å². The maximum atomic E-state index is 6.22. The Kier molecular flexibility index (Phi) is 4.83. The van der Waals surface area contributed by atoms with Gasteiger partial charge in [-0.1, -0.05) is 57.9 Å². The summed E-state index contributed by atoms with van der Waals surface area (Å²) in [7, 11) is 0. The number of hydrogen-bond acceptors (Lipinski definition) is 1. The van der Waals surface area contributed by atoms with Crippen molar-refractivity contribution >= 4 is 0 Å². The van der Waals surface area contributed by atoms with Gasteiger partial charge >= 0.3 is 0 Å². The fourth-order valence-electron chi connectivity index (χ4n) is 1.95. The second-order valence-corrected chi connectivity index (χ2v) is 4.53. The smallest absolute Gasteiger partial charge is 0.0297 e. The molecule has 0 saturated heterocycles. The van der Waals surface area contributed by atoms with E-state index in [9.17, 15) is 0 Å². The van der Waals surface area contributed by atoms with Crippen LogP contribution in [0.25, 0.3) is 0 Å². The lowest BCUT2D eigenvalue weighted by Crippen LogP contribution is -2.13. The molecule has 1 atom stereocenters. The highest BCUT2D eigenvalue weighted by atomic mass is 14.6. The first kappa shape index (κ1) is 12.3. The molecule has 0 saturated carbocycles. The average molecular weight is 205 g/mol. The van der Waals surface area contributed by atoms with Crippen LogP contribution in [0.3, 0.4) is 0 Å². The molecule has 1 nitrogen and oxygen atoms in total. The maximum Gasteiger partial charge on any atom is 0.0297 e. The summed E-state index contributed by atoms with van der Waals surface area (Å²) in [6.45, 7) is 6.66. The van der Waals surface area contributed by atoms with Gasteiger partial charge in [0.2, 0.25) is 0 Å². The zero-order valence-electron chi connectivity index (χ0n) is 10.2. The Morgan fingerprint density at radius 3 is 2.27 bits per heavy atom. The first-order chi connectivity index (χ1) is 7.16. The largest absolute Gasteiger partial charge is 0.324 e. The Labute approximate surface area is 93.7 Å². The quantitative estimate of drug-likeness (QED) is 0.772. The van der Waals surface area contributed by atoms with Crippen molar-refractivity contribution in [1.29, 1.82) is 0 Å². The molecule has 1 aromatic carbocycles. The molecule has 1 heteroatoms. The molecule has 0 heterocycles. The molecule has 0 amide bonds. The molecule has 0 aliphatic rings. The molecular weight excluding hydrogens is 182 g/mol. The molecule has 0 bridgehead atoms. The number of hydrogen-bond donors (Lipinski definition) is 1. The predicted octanol–water partition coefficient (Wildman–Crippen LogP) is 4.00. The average Bonchev–Trinajstić information content (AvgIpc) is 2.25. The van der Waals surface area contributed by atoms with Crippen LogP contribution in [0.1, 0.15) is 63.1 Å². The van der Waals surface area contributed by atoms with E-state index in [-0.39, 0.29) is 6.04 Å². The van der Waals surface area contributed by atoms with Crippen LogP contribution in [-0.4, -0.2) is 0 Å². The van der Waals surface area contributed by atoms with Crippen molar-refractivity contribution in [1.82, 2.24) is 0 Å². The van der Waals surface area contributed by atoms with E-state index < -0.39 is 0 Å². The van der Waals surface area contributed by atoms with Crippen LogP contribution in [0.4, 0.5) is 0 Å². The van der Waals surface area contributed by atoms with Crippen molar-refractivity contribution < 1.29 is 0 Å². The van der Waals surface area contributed by atoms with E-state index in [1.807, 2.05) is 0 Å². The second kappa shape index (κ2) is 5.92. The van der Waals surface area contributed by atoms with Crippen LogP contribution in [0.15, 0.2) is 24.3 Å². The normalized spacial score (nSPS) is 13.1. The maximum absolute atomic E-state index is 6.22. The van der Waals surface area contributed by atoms with Gasteiger partial charge in [-0.25, -0.2) is 0 Å². The standard InChI is InChI=1S/C14H23N/c1-4-5-10-14(15)13-9-7-6-8-12(13)11(2)3/h6-9,11,14H,4-5,10,15H2,1-3H3. The minimum absolute atomic E-state index is 0.212. The highest BCUT2D eigenvalue weighted by molar-refractivity contribution is 5.32. The van der Waals surface area contributed by atoms with Crippen molar-refractivity contribution in [2.24, 2.45) is 5.73 Å². The van der Waals surface area contributed by atoms with Gasteiger partial charge in [-0.05, 0) is 23.5 Å². The van der Waals surface area contributed by atoms with E-state index >= 15 is 0 Å². The SMILES string of the molecule is CCCCC(N)c1ccccc1C(C)C. The molecule has 0 aliphatic carbocycles. The van der Waals surface area contributed by atoms with E-state index in [0.29, 0.717) is 5.92 Å². The van der Waals surface area contributed by atoms with Gasteiger partial charge in [0.25, 0.3) is 0 Å². The Hall–Kier alpha value is -0.820. The Bertz CT molecular complexity index is 291. The van der Waals surface area contributed by atoms with Crippen LogP contribution >= 0.6 is 0 Å². The molecule has 0 fully saturated rings. The highest BCUT2D eigenvalue weighted by Crippen LogP contribution is 2.26. The van der Waals surface area contributed by atoms with E-state index in [1.54, 1.807) is 0 Å². The summed E-state index contributed by atoms with van der Waals surface area (Å²) in [6.07, 6.45) is 3.53. The molecule has 1 aromatic rings. The minimum Gasteiger partial charge on any atom is -0.324 e. The van der Waals surface area contributed by atoms with Crippen LogP contribution in [0.5, 0.6) is 0 Å². The van der Waals surface area contributed by atoms with Crippen LogP contribution in [-0.2, 0) is 0 Å². The van der Waals surface area contributed by atoms with Gasteiger partial charge < -0.3 is 5.73 Å².